The van der Waals surface area contributed by atoms with E-state index in [4.69, 9.17) is 0 Å². The summed E-state index contributed by atoms with van der Waals surface area (Å²) in [6, 6.07) is 6.86. The Labute approximate surface area is 114 Å². The van der Waals surface area contributed by atoms with Crippen molar-refractivity contribution in [3.05, 3.63) is 48.5 Å². The van der Waals surface area contributed by atoms with Crippen molar-refractivity contribution in [1.82, 2.24) is 19.7 Å². The fraction of sp³-hybridized carbons (Fsp3) is 0.467. The quantitative estimate of drug-likeness (QED) is 0.820. The van der Waals surface area contributed by atoms with Gasteiger partial charge in [-0.1, -0.05) is 0 Å². The Morgan fingerprint density at radius 3 is 2.89 bits per heavy atom. The van der Waals surface area contributed by atoms with Crippen molar-refractivity contribution in [2.75, 3.05) is 13.1 Å². The van der Waals surface area contributed by atoms with Crippen LogP contribution in [0.25, 0.3) is 0 Å². The highest BCUT2D eigenvalue weighted by Gasteiger charge is 2.24. The van der Waals surface area contributed by atoms with Gasteiger partial charge in [0.15, 0.2) is 0 Å². The van der Waals surface area contributed by atoms with Gasteiger partial charge >= 0.3 is 0 Å². The average molecular weight is 256 g/mol. The Kier molecular flexibility index (Phi) is 3.89. The van der Waals surface area contributed by atoms with Gasteiger partial charge in [-0.25, -0.2) is 0 Å². The highest BCUT2D eigenvalue weighted by Crippen LogP contribution is 2.19. The summed E-state index contributed by atoms with van der Waals surface area (Å²) >= 11 is 0. The maximum atomic E-state index is 4.31. The third kappa shape index (κ3) is 3.20. The summed E-state index contributed by atoms with van der Waals surface area (Å²) in [4.78, 5) is 6.66. The third-order valence-corrected chi connectivity index (χ3v) is 3.89. The molecule has 19 heavy (non-hydrogen) atoms. The Balaban J connectivity index is 1.55. The van der Waals surface area contributed by atoms with Crippen LogP contribution in [0, 0.1) is 0 Å². The van der Waals surface area contributed by atoms with Gasteiger partial charge in [-0.05, 0) is 49.6 Å². The number of pyridine rings is 1. The zero-order valence-electron chi connectivity index (χ0n) is 11.2. The standard InChI is InChI=1S/C15H20N4/c1-3-15(13-19-11-2-7-17-19)18(10-1)12-6-14-4-8-16-9-5-14/h2,4-5,7-9,11,15H,1,3,6,10,12-13H2. The summed E-state index contributed by atoms with van der Waals surface area (Å²) in [6.07, 6.45) is 11.4. The minimum absolute atomic E-state index is 0.640. The first kappa shape index (κ1) is 12.4. The van der Waals surface area contributed by atoms with Crippen molar-refractivity contribution in [2.45, 2.75) is 31.8 Å². The van der Waals surface area contributed by atoms with Gasteiger partial charge in [0.2, 0.25) is 0 Å². The molecule has 0 saturated carbocycles. The van der Waals surface area contributed by atoms with Crippen molar-refractivity contribution >= 4 is 0 Å². The van der Waals surface area contributed by atoms with Gasteiger partial charge in [0.05, 0.1) is 6.54 Å². The molecule has 0 radical (unpaired) electrons. The minimum atomic E-state index is 0.640. The first-order valence-electron chi connectivity index (χ1n) is 7.02. The number of hydrogen-bond donors (Lipinski definition) is 0. The van der Waals surface area contributed by atoms with E-state index in [1.54, 1.807) is 0 Å². The normalized spacial score (nSPS) is 19.9. The van der Waals surface area contributed by atoms with Crippen LogP contribution in [-0.4, -0.2) is 38.8 Å². The summed E-state index contributed by atoms with van der Waals surface area (Å²) < 4.78 is 2.05. The van der Waals surface area contributed by atoms with Crippen molar-refractivity contribution in [3.63, 3.8) is 0 Å². The lowest BCUT2D eigenvalue weighted by Gasteiger charge is -2.24. The van der Waals surface area contributed by atoms with E-state index in [-0.39, 0.29) is 0 Å². The predicted octanol–water partition coefficient (Wildman–Crippen LogP) is 1.99. The summed E-state index contributed by atoms with van der Waals surface area (Å²) in [5.74, 6) is 0. The molecular weight excluding hydrogens is 236 g/mol. The molecule has 0 aliphatic carbocycles. The molecule has 1 aliphatic rings. The van der Waals surface area contributed by atoms with E-state index in [9.17, 15) is 0 Å². The fourth-order valence-electron chi connectivity index (χ4n) is 2.84. The molecule has 0 aromatic carbocycles. The van der Waals surface area contributed by atoms with Crippen LogP contribution < -0.4 is 0 Å². The second-order valence-electron chi connectivity index (χ2n) is 5.17. The smallest absolute Gasteiger partial charge is 0.0564 e. The largest absolute Gasteiger partial charge is 0.298 e. The summed E-state index contributed by atoms with van der Waals surface area (Å²) in [5.41, 5.74) is 1.37. The highest BCUT2D eigenvalue weighted by atomic mass is 15.3. The molecule has 1 atom stereocenters. The summed E-state index contributed by atoms with van der Waals surface area (Å²) in [5, 5.41) is 4.31. The van der Waals surface area contributed by atoms with Crippen molar-refractivity contribution in [1.29, 1.82) is 0 Å². The molecule has 2 aromatic heterocycles. The van der Waals surface area contributed by atoms with E-state index in [0.717, 1.165) is 19.5 Å². The summed E-state index contributed by atoms with van der Waals surface area (Å²) in [6.45, 7) is 3.37. The first-order valence-corrected chi connectivity index (χ1v) is 7.02. The zero-order chi connectivity index (χ0) is 12.9. The summed E-state index contributed by atoms with van der Waals surface area (Å²) in [7, 11) is 0. The van der Waals surface area contributed by atoms with Crippen LogP contribution >= 0.6 is 0 Å². The monoisotopic (exact) mass is 256 g/mol. The fourth-order valence-corrected chi connectivity index (χ4v) is 2.84. The van der Waals surface area contributed by atoms with Gasteiger partial charge in [0.1, 0.15) is 0 Å². The minimum Gasteiger partial charge on any atom is -0.298 e. The van der Waals surface area contributed by atoms with Crippen LogP contribution in [-0.2, 0) is 13.0 Å². The lowest BCUT2D eigenvalue weighted by molar-refractivity contribution is 0.230. The maximum absolute atomic E-state index is 4.31. The molecule has 0 spiro atoms. The van der Waals surface area contributed by atoms with Crippen LogP contribution in [0.3, 0.4) is 0 Å². The lowest BCUT2D eigenvalue weighted by Crippen LogP contribution is -2.34. The average Bonchev–Trinajstić information content (AvgIpc) is 3.10. The van der Waals surface area contributed by atoms with Crippen LogP contribution in [0.15, 0.2) is 43.0 Å². The molecule has 4 heteroatoms. The van der Waals surface area contributed by atoms with Gasteiger partial charge < -0.3 is 0 Å². The molecule has 1 aliphatic heterocycles. The van der Waals surface area contributed by atoms with Gasteiger partial charge in [0, 0.05) is 37.4 Å². The van der Waals surface area contributed by atoms with Gasteiger partial charge in [-0.2, -0.15) is 5.10 Å². The molecule has 0 N–H and O–H groups in total. The SMILES string of the molecule is c1cnn(CC2CCCN2CCc2ccncc2)c1. The van der Waals surface area contributed by atoms with E-state index in [2.05, 4.69) is 38.0 Å². The van der Waals surface area contributed by atoms with Crippen molar-refractivity contribution in [2.24, 2.45) is 0 Å². The molecular formula is C15H20N4. The Morgan fingerprint density at radius 1 is 1.21 bits per heavy atom. The zero-order valence-corrected chi connectivity index (χ0v) is 11.2. The topological polar surface area (TPSA) is 34.0 Å². The van der Waals surface area contributed by atoms with Crippen molar-refractivity contribution in [3.8, 4) is 0 Å². The van der Waals surface area contributed by atoms with Crippen molar-refractivity contribution < 1.29 is 0 Å². The van der Waals surface area contributed by atoms with Crippen LogP contribution in [0.5, 0.6) is 0 Å². The Morgan fingerprint density at radius 2 is 2.11 bits per heavy atom. The molecule has 4 nitrogen and oxygen atoms in total. The number of hydrogen-bond acceptors (Lipinski definition) is 3. The molecule has 0 amide bonds. The van der Waals surface area contributed by atoms with Crippen LogP contribution in [0.4, 0.5) is 0 Å². The molecule has 1 saturated heterocycles. The molecule has 2 aromatic rings. The van der Waals surface area contributed by atoms with Gasteiger partial charge in [0.25, 0.3) is 0 Å². The molecule has 3 heterocycles. The Bertz CT molecular complexity index is 480. The molecule has 1 unspecified atom stereocenters. The van der Waals surface area contributed by atoms with E-state index in [1.165, 1.54) is 24.9 Å². The van der Waals surface area contributed by atoms with E-state index in [1.807, 2.05) is 24.7 Å². The molecule has 0 bridgehead atoms. The number of rotatable bonds is 5. The molecule has 100 valence electrons. The van der Waals surface area contributed by atoms with Crippen LogP contribution in [0.1, 0.15) is 18.4 Å². The maximum Gasteiger partial charge on any atom is 0.0564 e. The number of nitrogens with zero attached hydrogens (tertiary/aromatic N) is 4. The third-order valence-electron chi connectivity index (χ3n) is 3.89. The van der Waals surface area contributed by atoms with Gasteiger partial charge in [-0.15, -0.1) is 0 Å². The molecule has 1 fully saturated rings. The van der Waals surface area contributed by atoms with E-state index < -0.39 is 0 Å². The van der Waals surface area contributed by atoms with E-state index in [0.29, 0.717) is 6.04 Å². The lowest BCUT2D eigenvalue weighted by atomic mass is 10.1. The van der Waals surface area contributed by atoms with E-state index >= 15 is 0 Å². The second-order valence-corrected chi connectivity index (χ2v) is 5.17. The van der Waals surface area contributed by atoms with Gasteiger partial charge in [-0.3, -0.25) is 14.6 Å². The highest BCUT2D eigenvalue weighted by molar-refractivity contribution is 5.10. The Hall–Kier alpha value is -1.68. The predicted molar refractivity (Wildman–Crippen MR) is 74.8 cm³/mol. The molecule has 3 rings (SSSR count). The number of aromatic nitrogens is 3. The van der Waals surface area contributed by atoms with Crippen LogP contribution in [0.2, 0.25) is 0 Å². The first-order chi connectivity index (χ1) is 9.42. The number of likely N-dealkylation sites (tertiary alicyclic amines) is 1. The second kappa shape index (κ2) is 5.97.